The molecule has 0 saturated carbocycles. The van der Waals surface area contributed by atoms with Crippen LogP contribution in [0.3, 0.4) is 0 Å². The normalized spacial score (nSPS) is 17.4. The number of carboxylic acid groups (broad SMARTS) is 2. The van der Waals surface area contributed by atoms with Crippen LogP contribution in [0.4, 0.5) is 0 Å². The van der Waals surface area contributed by atoms with Gasteiger partial charge in [0.25, 0.3) is 0 Å². The Hall–Kier alpha value is -2.62. The number of aromatic carboxylic acids is 2. The van der Waals surface area contributed by atoms with Crippen molar-refractivity contribution in [3.63, 3.8) is 0 Å². The number of carboxylic acids is 2. The van der Waals surface area contributed by atoms with Gasteiger partial charge in [-0.1, -0.05) is 0 Å². The van der Waals surface area contributed by atoms with Crippen molar-refractivity contribution in [3.05, 3.63) is 55.6 Å². The molecule has 6 rings (SSSR count). The first-order valence-corrected chi connectivity index (χ1v) is 9.43. The molecule has 4 nitrogen and oxygen atoms in total. The fraction of sp³-hybridized carbons (Fsp3) is 0.364. The molecule has 0 amide bonds. The summed E-state index contributed by atoms with van der Waals surface area (Å²) in [5, 5.41) is 19.4. The molecule has 130 valence electrons. The van der Waals surface area contributed by atoms with Crippen molar-refractivity contribution in [2.24, 2.45) is 0 Å². The molecule has 4 heteroatoms. The Labute approximate surface area is 150 Å². The Morgan fingerprint density at radius 1 is 0.462 bits per heavy atom. The summed E-state index contributed by atoms with van der Waals surface area (Å²) < 4.78 is 0. The van der Waals surface area contributed by atoms with Crippen LogP contribution in [0.2, 0.25) is 0 Å². The van der Waals surface area contributed by atoms with Crippen LogP contribution in [0, 0.1) is 0 Å². The monoisotopic (exact) mass is 346 g/mol. The first-order chi connectivity index (χ1) is 12.6. The highest BCUT2D eigenvalue weighted by Gasteiger charge is 2.40. The first kappa shape index (κ1) is 14.5. The maximum Gasteiger partial charge on any atom is 0.336 e. The second-order valence-electron chi connectivity index (χ2n) is 7.94. The minimum absolute atomic E-state index is 0.566. The molecular formula is C22H18O4. The summed E-state index contributed by atoms with van der Waals surface area (Å²) in [7, 11) is 0. The average molecular weight is 346 g/mol. The lowest BCUT2D eigenvalue weighted by atomic mass is 9.63. The van der Waals surface area contributed by atoms with E-state index in [9.17, 15) is 19.8 Å². The van der Waals surface area contributed by atoms with E-state index in [-0.39, 0.29) is 0 Å². The molecule has 0 aromatic heterocycles. The molecule has 4 aliphatic rings. The summed E-state index contributed by atoms with van der Waals surface area (Å²) in [5.41, 5.74) is 12.8. The van der Waals surface area contributed by atoms with Crippen molar-refractivity contribution >= 4 is 11.9 Å². The van der Waals surface area contributed by atoms with E-state index >= 15 is 0 Å². The lowest BCUT2D eigenvalue weighted by molar-refractivity contribution is 0.0682. The minimum atomic E-state index is -0.786. The second kappa shape index (κ2) is 4.56. The van der Waals surface area contributed by atoms with Gasteiger partial charge in [-0.3, -0.25) is 0 Å². The number of rotatable bonds is 3. The van der Waals surface area contributed by atoms with Gasteiger partial charge in [0.05, 0.1) is 11.1 Å². The highest BCUT2D eigenvalue weighted by atomic mass is 16.4. The molecule has 0 saturated heterocycles. The van der Waals surface area contributed by atoms with Gasteiger partial charge in [-0.05, 0) is 107 Å². The van der Waals surface area contributed by atoms with E-state index in [0.717, 1.165) is 73.6 Å². The highest BCUT2D eigenvalue weighted by molar-refractivity contribution is 6.00. The quantitative estimate of drug-likeness (QED) is 0.895. The van der Waals surface area contributed by atoms with Crippen LogP contribution in [0.5, 0.6) is 0 Å². The van der Waals surface area contributed by atoms with Crippen molar-refractivity contribution in [3.8, 4) is 11.1 Å². The third-order valence-electron chi connectivity index (χ3n) is 7.05. The van der Waals surface area contributed by atoms with E-state index in [0.29, 0.717) is 11.1 Å². The summed E-state index contributed by atoms with van der Waals surface area (Å²) in [4.78, 5) is 23.6. The van der Waals surface area contributed by atoms with Crippen LogP contribution in [0.15, 0.2) is 0 Å². The number of fused-ring (bicyclic) bond motifs is 4. The molecule has 2 N–H and O–H groups in total. The van der Waals surface area contributed by atoms with E-state index in [1.165, 1.54) is 33.4 Å². The van der Waals surface area contributed by atoms with Crippen LogP contribution < -0.4 is 0 Å². The van der Waals surface area contributed by atoms with Crippen molar-refractivity contribution in [1.29, 1.82) is 0 Å². The minimum Gasteiger partial charge on any atom is -0.478 e. The van der Waals surface area contributed by atoms with Gasteiger partial charge in [-0.15, -0.1) is 0 Å². The molecule has 0 fully saturated rings. The average Bonchev–Trinajstić information content (AvgIpc) is 2.45. The second-order valence-corrected chi connectivity index (χ2v) is 7.94. The van der Waals surface area contributed by atoms with Gasteiger partial charge < -0.3 is 10.2 Å². The molecule has 26 heavy (non-hydrogen) atoms. The maximum atomic E-state index is 11.8. The molecule has 2 aromatic carbocycles. The van der Waals surface area contributed by atoms with Gasteiger partial charge in [0, 0.05) is 0 Å². The molecule has 0 atom stereocenters. The van der Waals surface area contributed by atoms with Gasteiger partial charge in [0.15, 0.2) is 0 Å². The van der Waals surface area contributed by atoms with Crippen molar-refractivity contribution < 1.29 is 19.8 Å². The number of benzene rings is 2. The number of carbonyl (C=O) groups is 2. The van der Waals surface area contributed by atoms with Crippen molar-refractivity contribution in [2.75, 3.05) is 0 Å². The van der Waals surface area contributed by atoms with Crippen LogP contribution >= 0.6 is 0 Å². The van der Waals surface area contributed by atoms with Crippen LogP contribution in [0.25, 0.3) is 11.1 Å². The molecule has 2 aromatic rings. The molecule has 0 bridgehead atoms. The Kier molecular flexibility index (Phi) is 2.55. The smallest absolute Gasteiger partial charge is 0.336 e. The van der Waals surface area contributed by atoms with E-state index < -0.39 is 11.9 Å². The molecule has 0 spiro atoms. The third kappa shape index (κ3) is 1.48. The largest absolute Gasteiger partial charge is 0.478 e. The van der Waals surface area contributed by atoms with Gasteiger partial charge in [-0.2, -0.15) is 0 Å². The van der Waals surface area contributed by atoms with E-state index in [1.807, 2.05) is 0 Å². The Morgan fingerprint density at radius 3 is 0.846 bits per heavy atom. The molecule has 0 aliphatic heterocycles. The predicted molar refractivity (Wildman–Crippen MR) is 95.4 cm³/mol. The Bertz CT molecular complexity index is 937. The SMILES string of the molecule is O=C(O)c1c2c(c(-c3c4c(c(C(=O)O)c5c3CC5)CC4)c3c1CC3)CC2. The maximum absolute atomic E-state index is 11.8. The number of hydrogen-bond acceptors (Lipinski definition) is 2. The zero-order chi connectivity index (χ0) is 17.7. The first-order valence-electron chi connectivity index (χ1n) is 9.43. The van der Waals surface area contributed by atoms with Gasteiger partial charge in [0.2, 0.25) is 0 Å². The fourth-order valence-electron chi connectivity index (χ4n) is 5.56. The summed E-state index contributed by atoms with van der Waals surface area (Å²) in [6.07, 6.45) is 7.21. The zero-order valence-corrected chi connectivity index (χ0v) is 14.4. The lowest BCUT2D eigenvalue weighted by Crippen LogP contribution is -2.30. The highest BCUT2D eigenvalue weighted by Crippen LogP contribution is 2.52. The summed E-state index contributed by atoms with van der Waals surface area (Å²) >= 11 is 0. The Morgan fingerprint density at radius 2 is 0.692 bits per heavy atom. The topological polar surface area (TPSA) is 74.6 Å². The molecule has 4 aliphatic carbocycles. The Balaban J connectivity index is 1.69. The van der Waals surface area contributed by atoms with Crippen molar-refractivity contribution in [2.45, 2.75) is 51.4 Å². The molecule has 0 radical (unpaired) electrons. The fourth-order valence-corrected chi connectivity index (χ4v) is 5.56. The molecule has 0 unspecified atom stereocenters. The summed E-state index contributed by atoms with van der Waals surface area (Å²) in [5.74, 6) is -1.57. The molecule has 0 heterocycles. The summed E-state index contributed by atoms with van der Waals surface area (Å²) in [6.45, 7) is 0. The number of hydrogen-bond donors (Lipinski definition) is 2. The summed E-state index contributed by atoms with van der Waals surface area (Å²) in [6, 6.07) is 0. The third-order valence-corrected chi connectivity index (χ3v) is 7.05. The van der Waals surface area contributed by atoms with Gasteiger partial charge in [-0.25, -0.2) is 9.59 Å². The molecular weight excluding hydrogens is 328 g/mol. The van der Waals surface area contributed by atoms with Gasteiger partial charge >= 0.3 is 11.9 Å². The van der Waals surface area contributed by atoms with Crippen LogP contribution in [0.1, 0.15) is 65.2 Å². The van der Waals surface area contributed by atoms with Crippen LogP contribution in [-0.2, 0) is 51.4 Å². The van der Waals surface area contributed by atoms with Gasteiger partial charge in [0.1, 0.15) is 0 Å². The predicted octanol–water partition coefficient (Wildman–Crippen LogP) is 3.14. The van der Waals surface area contributed by atoms with Crippen molar-refractivity contribution in [1.82, 2.24) is 0 Å². The lowest BCUT2D eigenvalue weighted by Gasteiger charge is -2.40. The van der Waals surface area contributed by atoms with Crippen LogP contribution in [-0.4, -0.2) is 22.2 Å². The van der Waals surface area contributed by atoms with E-state index in [1.54, 1.807) is 0 Å². The van der Waals surface area contributed by atoms with E-state index in [2.05, 4.69) is 0 Å². The zero-order valence-electron chi connectivity index (χ0n) is 14.4. The standard InChI is InChI=1S/C22H18O4/c23-21(24)19-13-5-1-9(13)17(10-2-6-14(10)19)18-11-3-7-15(11)20(22(25)26)16-8-4-12(16)18/h1-8H2,(H,23,24)(H,25,26). The van der Waals surface area contributed by atoms with E-state index in [4.69, 9.17) is 0 Å².